The fraction of sp³-hybridized carbons (Fsp3) is 0.538. The Morgan fingerprint density at radius 2 is 1.50 bits per heavy atom. The number of para-hydroxylation sites is 2. The summed E-state index contributed by atoms with van der Waals surface area (Å²) in [5, 5.41) is 0. The maximum atomic E-state index is 14.8. The minimum Gasteiger partial charge on any atom is -0.404 e. The standard InChI is InChI=1S/C26H32NO8P/c1-24(2)29-17-20(31-24)22-23-26(35-25(3,4)32-23)21(30-22)15-16-27(26)36(28,33-18-11-7-5-8-12-18)34-19-13-9-6-10-14-19/h5-14,20-23H,15-17H2,1-4H3/t20-,21+,22+,23-,26+/m0/s1. The predicted octanol–water partition coefficient (Wildman–Crippen LogP) is 4.72. The molecule has 0 N–H and O–H groups in total. The average molecular weight is 518 g/mol. The van der Waals surface area contributed by atoms with Crippen LogP contribution in [0.2, 0.25) is 0 Å². The van der Waals surface area contributed by atoms with E-state index in [0.717, 1.165) is 0 Å². The molecule has 0 aliphatic carbocycles. The molecule has 5 atom stereocenters. The van der Waals surface area contributed by atoms with E-state index in [9.17, 15) is 4.57 Å². The summed E-state index contributed by atoms with van der Waals surface area (Å²) in [6, 6.07) is 18.0. The lowest BCUT2D eigenvalue weighted by Gasteiger charge is -2.38. The second-order valence-corrected chi connectivity index (χ2v) is 12.2. The summed E-state index contributed by atoms with van der Waals surface area (Å²) in [6.45, 7) is 8.17. The lowest BCUT2D eigenvalue weighted by Crippen LogP contribution is -2.55. The van der Waals surface area contributed by atoms with Crippen molar-refractivity contribution >= 4 is 7.75 Å². The zero-order valence-electron chi connectivity index (χ0n) is 20.9. The molecule has 0 unspecified atom stereocenters. The predicted molar refractivity (Wildman–Crippen MR) is 129 cm³/mol. The normalized spacial score (nSPS) is 34.9. The van der Waals surface area contributed by atoms with Gasteiger partial charge in [-0.25, -0.2) is 4.57 Å². The Morgan fingerprint density at radius 1 is 0.889 bits per heavy atom. The van der Waals surface area contributed by atoms with Crippen molar-refractivity contribution in [3.05, 3.63) is 60.7 Å². The maximum absolute atomic E-state index is 14.8. The van der Waals surface area contributed by atoms with Crippen molar-refractivity contribution in [1.29, 1.82) is 0 Å². The van der Waals surface area contributed by atoms with Crippen LogP contribution in [0.15, 0.2) is 60.7 Å². The highest BCUT2D eigenvalue weighted by atomic mass is 31.2. The van der Waals surface area contributed by atoms with E-state index >= 15 is 0 Å². The van der Waals surface area contributed by atoms with Crippen molar-refractivity contribution in [2.45, 2.75) is 75.8 Å². The van der Waals surface area contributed by atoms with Crippen molar-refractivity contribution in [3.63, 3.8) is 0 Å². The Bertz CT molecular complexity index is 1100. The average Bonchev–Trinajstić information content (AvgIpc) is 3.51. The maximum Gasteiger partial charge on any atom is 0.518 e. The Hall–Kier alpha value is -1.97. The largest absolute Gasteiger partial charge is 0.518 e. The van der Waals surface area contributed by atoms with Crippen LogP contribution in [-0.4, -0.2) is 59.5 Å². The summed E-state index contributed by atoms with van der Waals surface area (Å²) < 4.78 is 60.4. The zero-order chi connectivity index (χ0) is 25.2. The Labute approximate surface area is 211 Å². The van der Waals surface area contributed by atoms with Gasteiger partial charge in [-0.05, 0) is 58.4 Å². The lowest BCUT2D eigenvalue weighted by molar-refractivity contribution is -0.224. The monoisotopic (exact) mass is 517 g/mol. The molecule has 194 valence electrons. The van der Waals surface area contributed by atoms with Gasteiger partial charge < -0.3 is 32.7 Å². The van der Waals surface area contributed by atoms with Crippen molar-refractivity contribution in [1.82, 2.24) is 4.67 Å². The second kappa shape index (κ2) is 8.53. The molecule has 6 rings (SSSR count). The molecule has 0 amide bonds. The van der Waals surface area contributed by atoms with Crippen LogP contribution in [0.4, 0.5) is 0 Å². The molecular formula is C26H32NO8P. The molecule has 4 fully saturated rings. The van der Waals surface area contributed by atoms with Gasteiger partial charge in [-0.3, -0.25) is 0 Å². The van der Waals surface area contributed by atoms with Gasteiger partial charge >= 0.3 is 7.75 Å². The van der Waals surface area contributed by atoms with E-state index in [0.29, 0.717) is 31.1 Å². The minimum absolute atomic E-state index is 0.361. The molecule has 0 aromatic heterocycles. The molecule has 0 radical (unpaired) electrons. The van der Waals surface area contributed by atoms with E-state index < -0.39 is 43.4 Å². The van der Waals surface area contributed by atoms with Crippen molar-refractivity contribution in [3.8, 4) is 11.5 Å². The smallest absolute Gasteiger partial charge is 0.404 e. The summed E-state index contributed by atoms with van der Waals surface area (Å²) in [7, 11) is -4.02. The van der Waals surface area contributed by atoms with E-state index in [4.69, 9.17) is 32.7 Å². The van der Waals surface area contributed by atoms with E-state index in [2.05, 4.69) is 0 Å². The summed E-state index contributed by atoms with van der Waals surface area (Å²) in [4.78, 5) is 0. The summed E-state index contributed by atoms with van der Waals surface area (Å²) in [5.41, 5.74) is -1.19. The third-order valence-corrected chi connectivity index (χ3v) is 8.92. The first-order chi connectivity index (χ1) is 17.1. The molecule has 4 heterocycles. The number of hydrogen-bond donors (Lipinski definition) is 0. The van der Waals surface area contributed by atoms with Gasteiger partial charge in [0.25, 0.3) is 0 Å². The molecule has 36 heavy (non-hydrogen) atoms. The van der Waals surface area contributed by atoms with E-state index in [1.165, 1.54) is 0 Å². The topological polar surface area (TPSA) is 84.9 Å². The summed E-state index contributed by atoms with van der Waals surface area (Å²) >= 11 is 0. The third kappa shape index (κ3) is 4.07. The van der Waals surface area contributed by atoms with Crippen LogP contribution < -0.4 is 9.05 Å². The van der Waals surface area contributed by atoms with E-state index in [1.54, 1.807) is 28.9 Å². The SMILES string of the molecule is CC1(C)OC[C@@H]([C@H]2O[C@@H]3CCN(P(=O)(Oc4ccccc4)Oc4ccccc4)[C@@]34OC(C)(C)O[C@@H]24)O1. The number of hydrogen-bond acceptors (Lipinski definition) is 8. The van der Waals surface area contributed by atoms with Gasteiger partial charge in [-0.1, -0.05) is 36.4 Å². The van der Waals surface area contributed by atoms with Crippen molar-refractivity contribution < 1.29 is 37.3 Å². The fourth-order valence-electron chi connectivity index (χ4n) is 5.65. The second-order valence-electron chi connectivity index (χ2n) is 10.4. The van der Waals surface area contributed by atoms with Gasteiger partial charge in [-0.15, -0.1) is 0 Å². The molecule has 2 aromatic rings. The van der Waals surface area contributed by atoms with Gasteiger partial charge in [0, 0.05) is 6.54 Å². The van der Waals surface area contributed by atoms with Crippen LogP contribution in [-0.2, 0) is 28.2 Å². The van der Waals surface area contributed by atoms with Gasteiger partial charge in [0.05, 0.1) is 6.61 Å². The van der Waals surface area contributed by atoms with Crippen LogP contribution >= 0.6 is 7.75 Å². The molecular weight excluding hydrogens is 485 g/mol. The Morgan fingerprint density at radius 3 is 2.06 bits per heavy atom. The lowest BCUT2D eigenvalue weighted by atomic mass is 9.99. The van der Waals surface area contributed by atoms with Gasteiger partial charge in [0.15, 0.2) is 17.3 Å². The van der Waals surface area contributed by atoms with E-state index in [1.807, 2.05) is 64.1 Å². The first kappa shape index (κ1) is 24.4. The fourth-order valence-corrected chi connectivity index (χ4v) is 7.69. The third-order valence-electron chi connectivity index (χ3n) is 6.94. The number of benzene rings is 2. The van der Waals surface area contributed by atoms with Crippen molar-refractivity contribution in [2.24, 2.45) is 0 Å². The van der Waals surface area contributed by atoms with Gasteiger partial charge in [0.1, 0.15) is 35.9 Å². The molecule has 4 aliphatic heterocycles. The van der Waals surface area contributed by atoms with Crippen LogP contribution in [0.3, 0.4) is 0 Å². The minimum atomic E-state index is -4.02. The summed E-state index contributed by atoms with van der Waals surface area (Å²) in [6.07, 6.45) is -1.31. The van der Waals surface area contributed by atoms with Crippen LogP contribution in [0.5, 0.6) is 11.5 Å². The quantitative estimate of drug-likeness (QED) is 0.505. The number of rotatable bonds is 6. The highest BCUT2D eigenvalue weighted by molar-refractivity contribution is 7.52. The van der Waals surface area contributed by atoms with Crippen molar-refractivity contribution in [2.75, 3.05) is 13.2 Å². The van der Waals surface area contributed by atoms with Crippen LogP contribution in [0, 0.1) is 0 Å². The van der Waals surface area contributed by atoms with Gasteiger partial charge in [-0.2, -0.15) is 4.67 Å². The van der Waals surface area contributed by atoms with Crippen LogP contribution in [0.1, 0.15) is 34.1 Å². The molecule has 0 bridgehead atoms. The molecule has 10 heteroatoms. The molecule has 4 aliphatic rings. The van der Waals surface area contributed by atoms with Crippen LogP contribution in [0.25, 0.3) is 0 Å². The molecule has 2 aromatic carbocycles. The highest BCUT2D eigenvalue weighted by Gasteiger charge is 2.76. The first-order valence-corrected chi connectivity index (χ1v) is 13.8. The summed E-state index contributed by atoms with van der Waals surface area (Å²) in [5.74, 6) is -0.824. The van der Waals surface area contributed by atoms with Gasteiger partial charge in [0.2, 0.25) is 0 Å². The first-order valence-electron chi connectivity index (χ1n) is 12.3. The highest BCUT2D eigenvalue weighted by Crippen LogP contribution is 2.65. The van der Waals surface area contributed by atoms with E-state index in [-0.39, 0.29) is 6.10 Å². The number of ether oxygens (including phenoxy) is 5. The molecule has 0 saturated carbocycles. The Kier molecular flexibility index (Phi) is 5.77. The zero-order valence-corrected chi connectivity index (χ0v) is 21.8. The Balaban J connectivity index is 1.40. The number of nitrogens with zero attached hydrogens (tertiary/aromatic N) is 1. The molecule has 1 spiro atoms. The molecule has 4 saturated heterocycles. The molecule has 9 nitrogen and oxygen atoms in total.